The molecule has 69 valence electrons. The Morgan fingerprint density at radius 2 is 2.31 bits per heavy atom. The number of esters is 1. The van der Waals surface area contributed by atoms with Gasteiger partial charge in [0, 0.05) is 6.92 Å². The van der Waals surface area contributed by atoms with Gasteiger partial charge in [-0.2, -0.15) is 0 Å². The van der Waals surface area contributed by atoms with E-state index < -0.39 is 0 Å². The van der Waals surface area contributed by atoms with E-state index in [0.29, 0.717) is 5.75 Å². The monoisotopic (exact) mass is 177 g/mol. The van der Waals surface area contributed by atoms with Crippen LogP contribution in [0.5, 0.6) is 5.75 Å². The molecule has 0 aliphatic carbocycles. The Labute approximate surface area is 78.5 Å². The van der Waals surface area contributed by atoms with Crippen molar-refractivity contribution in [2.24, 2.45) is 0 Å². The summed E-state index contributed by atoms with van der Waals surface area (Å²) < 4.78 is 4.95. The number of benzene rings is 1. The zero-order chi connectivity index (χ0) is 9.68. The van der Waals surface area contributed by atoms with Crippen LogP contribution in [0.3, 0.4) is 0 Å². The van der Waals surface area contributed by atoms with Gasteiger partial charge in [-0.05, 0) is 30.5 Å². The van der Waals surface area contributed by atoms with E-state index in [2.05, 4.69) is 6.42 Å². The molecule has 0 spiro atoms. The quantitative estimate of drug-likeness (QED) is 0.523. The summed E-state index contributed by atoms with van der Waals surface area (Å²) in [6.07, 6.45) is 2.96. The van der Waals surface area contributed by atoms with E-state index in [1.165, 1.54) is 6.92 Å². The van der Waals surface area contributed by atoms with Gasteiger partial charge in [-0.1, -0.05) is 19.1 Å². The number of hydrogen-bond donors (Lipinski definition) is 0. The Morgan fingerprint density at radius 1 is 1.54 bits per heavy atom. The zero-order valence-electron chi connectivity index (χ0n) is 7.91. The molecule has 0 saturated carbocycles. The molecule has 1 aromatic carbocycles. The number of hydrogen-bond acceptors (Lipinski definition) is 2. The van der Waals surface area contributed by atoms with Crippen molar-refractivity contribution < 1.29 is 9.53 Å². The molecular weight excluding hydrogens is 164 g/mol. The molecule has 0 heterocycles. The maximum Gasteiger partial charge on any atom is 0.308 e. The number of carbonyl (C=O) groups excluding carboxylic acids is 1. The highest BCUT2D eigenvalue weighted by Crippen LogP contribution is 2.14. The van der Waals surface area contributed by atoms with E-state index in [1.807, 2.05) is 25.1 Å². The number of rotatable bonds is 3. The summed E-state index contributed by atoms with van der Waals surface area (Å²) >= 11 is 0. The van der Waals surface area contributed by atoms with E-state index >= 15 is 0 Å². The summed E-state index contributed by atoms with van der Waals surface area (Å²) in [7, 11) is 0. The third-order valence-electron chi connectivity index (χ3n) is 1.60. The molecule has 1 aromatic rings. The molecule has 0 N–H and O–H groups in total. The van der Waals surface area contributed by atoms with E-state index in [4.69, 9.17) is 4.74 Å². The van der Waals surface area contributed by atoms with Crippen molar-refractivity contribution in [1.82, 2.24) is 0 Å². The average Bonchev–Trinajstić information content (AvgIpc) is 2.04. The van der Waals surface area contributed by atoms with E-state index in [1.54, 1.807) is 6.07 Å². The molecule has 0 fully saturated rings. The lowest BCUT2D eigenvalue weighted by Gasteiger charge is -2.03. The third-order valence-corrected chi connectivity index (χ3v) is 1.60. The molecule has 0 unspecified atom stereocenters. The lowest BCUT2D eigenvalue weighted by atomic mass is 10.1. The van der Waals surface area contributed by atoms with Crippen molar-refractivity contribution in [3.63, 3.8) is 0 Å². The average molecular weight is 177 g/mol. The fraction of sp³-hybridized carbons (Fsp3) is 0.273. The van der Waals surface area contributed by atoms with Crippen LogP contribution < -0.4 is 4.74 Å². The van der Waals surface area contributed by atoms with Crippen molar-refractivity contribution in [3.8, 4) is 5.75 Å². The lowest BCUT2D eigenvalue weighted by molar-refractivity contribution is -0.131. The van der Waals surface area contributed by atoms with E-state index in [0.717, 1.165) is 12.0 Å². The van der Waals surface area contributed by atoms with Crippen LogP contribution in [0, 0.1) is 6.42 Å². The molecule has 0 saturated heterocycles. The first-order valence-corrected chi connectivity index (χ1v) is 4.27. The predicted molar refractivity (Wildman–Crippen MR) is 51.4 cm³/mol. The van der Waals surface area contributed by atoms with E-state index in [-0.39, 0.29) is 5.97 Å². The Balaban J connectivity index is 2.73. The molecule has 0 aliphatic rings. The summed E-state index contributed by atoms with van der Waals surface area (Å²) in [6.45, 7) is 3.40. The minimum Gasteiger partial charge on any atom is -0.427 e. The topological polar surface area (TPSA) is 26.3 Å². The van der Waals surface area contributed by atoms with Crippen molar-refractivity contribution in [2.75, 3.05) is 0 Å². The third kappa shape index (κ3) is 3.28. The normalized spacial score (nSPS) is 9.69. The fourth-order valence-corrected chi connectivity index (χ4v) is 1.14. The van der Waals surface area contributed by atoms with Crippen molar-refractivity contribution in [2.45, 2.75) is 20.3 Å². The van der Waals surface area contributed by atoms with Gasteiger partial charge in [0.25, 0.3) is 0 Å². The second-order valence-electron chi connectivity index (χ2n) is 2.85. The summed E-state index contributed by atoms with van der Waals surface area (Å²) in [5, 5.41) is 0. The predicted octanol–water partition coefficient (Wildman–Crippen LogP) is 2.38. The molecule has 13 heavy (non-hydrogen) atoms. The smallest absolute Gasteiger partial charge is 0.308 e. The molecule has 2 heteroatoms. The van der Waals surface area contributed by atoms with Crippen LogP contribution in [0.2, 0.25) is 0 Å². The summed E-state index contributed by atoms with van der Waals surface area (Å²) in [5.74, 6) is 0.337. The second-order valence-corrected chi connectivity index (χ2v) is 2.85. The van der Waals surface area contributed by atoms with Crippen molar-refractivity contribution in [3.05, 3.63) is 36.2 Å². The summed E-state index contributed by atoms with van der Waals surface area (Å²) in [4.78, 5) is 10.7. The van der Waals surface area contributed by atoms with Crippen LogP contribution in [0.4, 0.5) is 0 Å². The van der Waals surface area contributed by atoms with Crippen LogP contribution in [0.15, 0.2) is 24.3 Å². The Kier molecular flexibility index (Phi) is 3.50. The lowest BCUT2D eigenvalue weighted by Crippen LogP contribution is -2.01. The molecule has 2 nitrogen and oxygen atoms in total. The first-order valence-electron chi connectivity index (χ1n) is 4.27. The number of ether oxygens (including phenoxy) is 1. The molecule has 0 aromatic heterocycles. The largest absolute Gasteiger partial charge is 0.427 e. The maximum atomic E-state index is 10.7. The number of carbonyl (C=O) groups is 1. The highest BCUT2D eigenvalue weighted by molar-refractivity contribution is 5.69. The minimum atomic E-state index is -0.280. The first kappa shape index (κ1) is 9.78. The van der Waals surface area contributed by atoms with Gasteiger partial charge in [-0.3, -0.25) is 4.79 Å². The fourth-order valence-electron chi connectivity index (χ4n) is 1.14. The van der Waals surface area contributed by atoms with Crippen LogP contribution in [-0.2, 0) is 11.2 Å². The van der Waals surface area contributed by atoms with Gasteiger partial charge in [-0.15, -0.1) is 0 Å². The van der Waals surface area contributed by atoms with Gasteiger partial charge in [0.15, 0.2) is 0 Å². The van der Waals surface area contributed by atoms with Crippen molar-refractivity contribution in [1.29, 1.82) is 0 Å². The summed E-state index contributed by atoms with van der Waals surface area (Å²) in [6, 6.07) is 7.55. The molecular formula is C11H13O2. The zero-order valence-corrected chi connectivity index (χ0v) is 7.91. The van der Waals surface area contributed by atoms with Gasteiger partial charge in [0.05, 0.1) is 0 Å². The highest BCUT2D eigenvalue weighted by Gasteiger charge is 1.98. The van der Waals surface area contributed by atoms with Crippen LogP contribution in [-0.4, -0.2) is 5.97 Å². The molecule has 0 bridgehead atoms. The van der Waals surface area contributed by atoms with Crippen LogP contribution in [0.1, 0.15) is 19.4 Å². The van der Waals surface area contributed by atoms with Gasteiger partial charge in [0.1, 0.15) is 5.75 Å². The highest BCUT2D eigenvalue weighted by atomic mass is 16.5. The van der Waals surface area contributed by atoms with Gasteiger partial charge < -0.3 is 4.74 Å². The van der Waals surface area contributed by atoms with Gasteiger partial charge in [-0.25, -0.2) is 0 Å². The van der Waals surface area contributed by atoms with Gasteiger partial charge >= 0.3 is 5.97 Å². The molecule has 0 atom stereocenters. The van der Waals surface area contributed by atoms with E-state index in [9.17, 15) is 4.79 Å². The summed E-state index contributed by atoms with van der Waals surface area (Å²) in [5.41, 5.74) is 1.15. The molecule has 0 aliphatic heterocycles. The Hall–Kier alpha value is -1.31. The van der Waals surface area contributed by atoms with Crippen molar-refractivity contribution >= 4 is 5.97 Å². The SMILES string of the molecule is C[CH]Cc1cccc(OC(C)=O)c1. The standard InChI is InChI=1S/C11H13O2/c1-3-5-10-6-4-7-11(8-10)13-9(2)12/h3-4,6-8H,5H2,1-2H3. The maximum absolute atomic E-state index is 10.7. The Morgan fingerprint density at radius 3 is 2.92 bits per heavy atom. The van der Waals surface area contributed by atoms with Gasteiger partial charge in [0.2, 0.25) is 0 Å². The molecule has 1 radical (unpaired) electrons. The molecule has 1 rings (SSSR count). The first-order chi connectivity index (χ1) is 6.22. The van der Waals surface area contributed by atoms with Crippen LogP contribution >= 0.6 is 0 Å². The molecule has 0 amide bonds. The minimum absolute atomic E-state index is 0.280. The second kappa shape index (κ2) is 4.65. The Bertz CT molecular complexity index is 292. The van der Waals surface area contributed by atoms with Crippen LogP contribution in [0.25, 0.3) is 0 Å².